The first-order chi connectivity index (χ1) is 8.17. The number of aromatic nitrogens is 3. The number of aryl methyl sites for hydroxylation is 1. The maximum absolute atomic E-state index is 10.9. The number of aldehydes is 1. The molecule has 0 N–H and O–H groups in total. The smallest absolute Gasteiger partial charge is 0.156 e. The summed E-state index contributed by atoms with van der Waals surface area (Å²) in [5, 5.41) is 7.79. The average molecular weight is 296 g/mol. The summed E-state index contributed by atoms with van der Waals surface area (Å²) in [5.74, 6) is 0.551. The van der Waals surface area contributed by atoms with E-state index in [9.17, 15) is 4.79 Å². The monoisotopic (exact) mass is 295 g/mol. The predicted octanol–water partition coefficient (Wildman–Crippen LogP) is 2.07. The van der Waals surface area contributed by atoms with Crippen LogP contribution in [0.3, 0.4) is 0 Å². The van der Waals surface area contributed by atoms with Crippen LogP contribution in [-0.4, -0.2) is 28.4 Å². The topological polar surface area (TPSA) is 57.0 Å². The van der Waals surface area contributed by atoms with Crippen LogP contribution < -0.4 is 4.74 Å². The molecule has 0 amide bonds. The van der Waals surface area contributed by atoms with E-state index < -0.39 is 0 Å². The van der Waals surface area contributed by atoms with Gasteiger partial charge in [-0.15, -0.1) is 5.10 Å². The lowest BCUT2D eigenvalue weighted by atomic mass is 10.1. The molecule has 5 nitrogen and oxygen atoms in total. The highest BCUT2D eigenvalue weighted by Crippen LogP contribution is 2.29. The second kappa shape index (κ2) is 4.67. The number of hydrogen-bond donors (Lipinski definition) is 0. The standard InChI is InChI=1S/C11H10BrN3O2/c1-15-10(11(12)13-14-15)7-3-4-9(17-2)8(5-7)6-16/h3-6H,1-2H3. The van der Waals surface area contributed by atoms with Gasteiger partial charge in [-0.2, -0.15) is 0 Å². The van der Waals surface area contributed by atoms with Crippen molar-refractivity contribution in [2.75, 3.05) is 7.11 Å². The molecule has 0 aliphatic heterocycles. The van der Waals surface area contributed by atoms with Crippen LogP contribution in [-0.2, 0) is 7.05 Å². The number of benzene rings is 1. The van der Waals surface area contributed by atoms with Gasteiger partial charge in [-0.25, -0.2) is 4.68 Å². The molecule has 0 spiro atoms. The van der Waals surface area contributed by atoms with Crippen molar-refractivity contribution in [3.8, 4) is 17.0 Å². The van der Waals surface area contributed by atoms with Crippen LogP contribution in [0.25, 0.3) is 11.3 Å². The lowest BCUT2D eigenvalue weighted by Gasteiger charge is -2.06. The first kappa shape index (κ1) is 11.8. The Balaban J connectivity index is 2.58. The molecule has 88 valence electrons. The molecule has 6 heteroatoms. The average Bonchev–Trinajstić information content (AvgIpc) is 2.68. The summed E-state index contributed by atoms with van der Waals surface area (Å²) in [6.45, 7) is 0. The number of methoxy groups -OCH3 is 1. The molecule has 2 rings (SSSR count). The summed E-state index contributed by atoms with van der Waals surface area (Å²) in [6, 6.07) is 5.35. The third-order valence-corrected chi connectivity index (χ3v) is 2.95. The third kappa shape index (κ3) is 2.08. The van der Waals surface area contributed by atoms with Gasteiger partial charge >= 0.3 is 0 Å². The minimum absolute atomic E-state index is 0.498. The Morgan fingerprint density at radius 3 is 2.76 bits per heavy atom. The first-order valence-electron chi connectivity index (χ1n) is 4.86. The van der Waals surface area contributed by atoms with Crippen LogP contribution in [0, 0.1) is 0 Å². The SMILES string of the molecule is COc1ccc(-c2c(Br)nnn2C)cc1C=O. The number of rotatable bonds is 3. The van der Waals surface area contributed by atoms with Gasteiger partial charge in [-0.05, 0) is 34.1 Å². The number of halogens is 1. The van der Waals surface area contributed by atoms with Gasteiger partial charge in [-0.1, -0.05) is 5.21 Å². The first-order valence-corrected chi connectivity index (χ1v) is 5.65. The molecular weight excluding hydrogens is 286 g/mol. The van der Waals surface area contributed by atoms with Gasteiger partial charge in [0.2, 0.25) is 0 Å². The third-order valence-electron chi connectivity index (χ3n) is 2.42. The number of carbonyl (C=O) groups is 1. The van der Waals surface area contributed by atoms with Gasteiger partial charge in [0.25, 0.3) is 0 Å². The predicted molar refractivity (Wildman–Crippen MR) is 66.1 cm³/mol. The van der Waals surface area contributed by atoms with Crippen molar-refractivity contribution >= 4 is 22.2 Å². The fourth-order valence-electron chi connectivity index (χ4n) is 1.61. The van der Waals surface area contributed by atoms with E-state index in [1.54, 1.807) is 23.9 Å². The zero-order chi connectivity index (χ0) is 12.4. The lowest BCUT2D eigenvalue weighted by Crippen LogP contribution is -1.96. The van der Waals surface area contributed by atoms with Gasteiger partial charge in [-0.3, -0.25) is 4.79 Å². The molecule has 2 aromatic rings. The zero-order valence-corrected chi connectivity index (χ0v) is 10.9. The van der Waals surface area contributed by atoms with Crippen LogP contribution in [0.2, 0.25) is 0 Å². The Bertz CT molecular complexity index is 546. The van der Waals surface area contributed by atoms with Crippen LogP contribution in [0.5, 0.6) is 5.75 Å². The van der Waals surface area contributed by atoms with Gasteiger partial charge in [0.1, 0.15) is 11.4 Å². The molecule has 0 saturated carbocycles. The summed E-state index contributed by atoms with van der Waals surface area (Å²) in [4.78, 5) is 10.9. The largest absolute Gasteiger partial charge is 0.496 e. The van der Waals surface area contributed by atoms with Crippen LogP contribution in [0.4, 0.5) is 0 Å². The van der Waals surface area contributed by atoms with E-state index in [2.05, 4.69) is 26.2 Å². The van der Waals surface area contributed by atoms with Gasteiger partial charge in [0.15, 0.2) is 10.9 Å². The summed E-state index contributed by atoms with van der Waals surface area (Å²) in [6.07, 6.45) is 0.764. The van der Waals surface area contributed by atoms with Gasteiger partial charge in [0, 0.05) is 12.6 Å². The molecule has 0 saturated heterocycles. The Labute approximate surface area is 107 Å². The highest BCUT2D eigenvalue weighted by molar-refractivity contribution is 9.10. The Morgan fingerprint density at radius 1 is 1.47 bits per heavy atom. The quantitative estimate of drug-likeness (QED) is 0.814. The molecule has 1 aromatic carbocycles. The number of ether oxygens (including phenoxy) is 1. The molecule has 0 fully saturated rings. The fourth-order valence-corrected chi connectivity index (χ4v) is 2.17. The Kier molecular flexibility index (Phi) is 3.23. The zero-order valence-electron chi connectivity index (χ0n) is 9.35. The van der Waals surface area contributed by atoms with Crippen molar-refractivity contribution in [1.29, 1.82) is 0 Å². The van der Waals surface area contributed by atoms with E-state index in [4.69, 9.17) is 4.74 Å². The summed E-state index contributed by atoms with van der Waals surface area (Å²) in [5.41, 5.74) is 2.17. The molecule has 0 radical (unpaired) electrons. The van der Waals surface area contributed by atoms with Crippen LogP contribution in [0.1, 0.15) is 10.4 Å². The fraction of sp³-hybridized carbons (Fsp3) is 0.182. The van der Waals surface area contributed by atoms with Gasteiger partial charge < -0.3 is 4.74 Å². The van der Waals surface area contributed by atoms with E-state index in [-0.39, 0.29) is 0 Å². The van der Waals surface area contributed by atoms with Crippen molar-refractivity contribution in [3.05, 3.63) is 28.4 Å². The Hall–Kier alpha value is -1.69. The number of hydrogen-bond acceptors (Lipinski definition) is 4. The highest BCUT2D eigenvalue weighted by Gasteiger charge is 2.12. The summed E-state index contributed by atoms with van der Waals surface area (Å²) < 4.78 is 7.37. The minimum Gasteiger partial charge on any atom is -0.496 e. The van der Waals surface area contributed by atoms with Crippen LogP contribution in [0.15, 0.2) is 22.8 Å². The molecular formula is C11H10BrN3O2. The normalized spacial score (nSPS) is 10.3. The molecule has 0 unspecified atom stereocenters. The minimum atomic E-state index is 0.498. The summed E-state index contributed by atoms with van der Waals surface area (Å²) >= 11 is 3.32. The highest BCUT2D eigenvalue weighted by atomic mass is 79.9. The van der Waals surface area contributed by atoms with E-state index >= 15 is 0 Å². The van der Waals surface area contributed by atoms with E-state index in [1.807, 2.05) is 6.07 Å². The Morgan fingerprint density at radius 2 is 2.24 bits per heavy atom. The van der Waals surface area contributed by atoms with Crippen molar-refractivity contribution < 1.29 is 9.53 Å². The van der Waals surface area contributed by atoms with E-state index in [0.717, 1.165) is 17.5 Å². The van der Waals surface area contributed by atoms with E-state index in [0.29, 0.717) is 15.9 Å². The maximum atomic E-state index is 10.9. The number of nitrogens with zero attached hydrogens (tertiary/aromatic N) is 3. The molecule has 17 heavy (non-hydrogen) atoms. The second-order valence-electron chi connectivity index (χ2n) is 3.43. The van der Waals surface area contributed by atoms with Crippen LogP contribution >= 0.6 is 15.9 Å². The number of carbonyl (C=O) groups excluding carboxylic acids is 1. The van der Waals surface area contributed by atoms with Crippen molar-refractivity contribution in [1.82, 2.24) is 15.0 Å². The van der Waals surface area contributed by atoms with E-state index in [1.165, 1.54) is 7.11 Å². The van der Waals surface area contributed by atoms with Crippen molar-refractivity contribution in [2.24, 2.45) is 7.05 Å². The molecule has 0 bridgehead atoms. The molecule has 0 atom stereocenters. The maximum Gasteiger partial charge on any atom is 0.156 e. The lowest BCUT2D eigenvalue weighted by molar-refractivity contribution is 0.112. The summed E-state index contributed by atoms with van der Waals surface area (Å²) in [7, 11) is 3.32. The second-order valence-corrected chi connectivity index (χ2v) is 4.18. The van der Waals surface area contributed by atoms with Gasteiger partial charge in [0.05, 0.1) is 12.7 Å². The molecule has 0 aliphatic carbocycles. The van der Waals surface area contributed by atoms with Crippen molar-refractivity contribution in [2.45, 2.75) is 0 Å². The van der Waals surface area contributed by atoms with Crippen molar-refractivity contribution in [3.63, 3.8) is 0 Å². The molecule has 1 aromatic heterocycles. The molecule has 1 heterocycles. The molecule has 0 aliphatic rings.